The first-order valence-electron chi connectivity index (χ1n) is 8.87. The van der Waals surface area contributed by atoms with E-state index in [2.05, 4.69) is 20.5 Å². The summed E-state index contributed by atoms with van der Waals surface area (Å²) >= 11 is 0. The number of hydrogen-bond acceptors (Lipinski definition) is 7. The van der Waals surface area contributed by atoms with E-state index in [0.717, 1.165) is 17.8 Å². The number of nitrogens with zero attached hydrogens (tertiary/aromatic N) is 3. The molecular formula is C20H17F3N4O3. The van der Waals surface area contributed by atoms with Crippen molar-refractivity contribution in [2.45, 2.75) is 13.1 Å². The van der Waals surface area contributed by atoms with E-state index in [1.54, 1.807) is 38.2 Å². The molecule has 0 radical (unpaired) electrons. The Kier molecular flexibility index (Phi) is 6.14. The maximum atomic E-state index is 12.8. The Bertz CT molecular complexity index is 1020. The SMILES string of the molecule is CCOC(=O)c1nnc(-c2ccc(C(F)(F)F)cc2)nc1Oc1ccc(NC)cc1. The fourth-order valence-corrected chi connectivity index (χ4v) is 2.44. The summed E-state index contributed by atoms with van der Waals surface area (Å²) in [6.45, 7) is 1.74. The van der Waals surface area contributed by atoms with Gasteiger partial charge in [-0.05, 0) is 43.3 Å². The number of hydrogen-bond donors (Lipinski definition) is 1. The summed E-state index contributed by atoms with van der Waals surface area (Å²) in [6.07, 6.45) is -4.46. The summed E-state index contributed by atoms with van der Waals surface area (Å²) < 4.78 is 49.0. The van der Waals surface area contributed by atoms with Crippen molar-refractivity contribution in [1.29, 1.82) is 0 Å². The number of anilines is 1. The van der Waals surface area contributed by atoms with E-state index in [4.69, 9.17) is 9.47 Å². The highest BCUT2D eigenvalue weighted by molar-refractivity contribution is 5.89. The van der Waals surface area contributed by atoms with Gasteiger partial charge in [-0.1, -0.05) is 12.1 Å². The quantitative estimate of drug-likeness (QED) is 0.587. The Labute approximate surface area is 169 Å². The van der Waals surface area contributed by atoms with Crippen molar-refractivity contribution in [3.8, 4) is 23.0 Å². The first kappa shape index (κ1) is 21.0. The third kappa shape index (κ3) is 4.83. The topological polar surface area (TPSA) is 86.2 Å². The Hall–Kier alpha value is -3.69. The molecule has 0 aliphatic carbocycles. The van der Waals surface area contributed by atoms with Gasteiger partial charge >= 0.3 is 12.1 Å². The summed E-state index contributed by atoms with van der Waals surface area (Å²) in [7, 11) is 1.76. The van der Waals surface area contributed by atoms with Gasteiger partial charge in [0.2, 0.25) is 5.69 Å². The van der Waals surface area contributed by atoms with Crippen LogP contribution in [0.25, 0.3) is 11.4 Å². The molecule has 7 nitrogen and oxygen atoms in total. The van der Waals surface area contributed by atoms with E-state index in [-0.39, 0.29) is 29.6 Å². The Morgan fingerprint density at radius 2 is 1.70 bits per heavy atom. The second-order valence-corrected chi connectivity index (χ2v) is 5.96. The minimum absolute atomic E-state index is 0.00128. The molecule has 10 heteroatoms. The molecular weight excluding hydrogens is 401 g/mol. The molecule has 1 heterocycles. The van der Waals surface area contributed by atoms with Crippen molar-refractivity contribution >= 4 is 11.7 Å². The van der Waals surface area contributed by atoms with Crippen molar-refractivity contribution < 1.29 is 27.4 Å². The molecule has 1 N–H and O–H groups in total. The molecule has 0 fully saturated rings. The monoisotopic (exact) mass is 418 g/mol. The van der Waals surface area contributed by atoms with Crippen molar-refractivity contribution in [3.05, 3.63) is 59.8 Å². The molecule has 0 amide bonds. The van der Waals surface area contributed by atoms with Gasteiger partial charge in [-0.25, -0.2) is 4.79 Å². The zero-order valence-corrected chi connectivity index (χ0v) is 16.0. The van der Waals surface area contributed by atoms with E-state index < -0.39 is 17.7 Å². The van der Waals surface area contributed by atoms with Gasteiger partial charge in [-0.3, -0.25) is 0 Å². The second kappa shape index (κ2) is 8.76. The molecule has 2 aromatic carbocycles. The van der Waals surface area contributed by atoms with Crippen molar-refractivity contribution in [2.75, 3.05) is 19.0 Å². The molecule has 0 bridgehead atoms. The number of esters is 1. The first-order valence-corrected chi connectivity index (χ1v) is 8.87. The van der Waals surface area contributed by atoms with E-state index >= 15 is 0 Å². The van der Waals surface area contributed by atoms with Crippen LogP contribution < -0.4 is 10.1 Å². The van der Waals surface area contributed by atoms with E-state index in [1.807, 2.05) is 0 Å². The van der Waals surface area contributed by atoms with E-state index in [9.17, 15) is 18.0 Å². The van der Waals surface area contributed by atoms with E-state index in [0.29, 0.717) is 5.75 Å². The van der Waals surface area contributed by atoms with Gasteiger partial charge in [-0.2, -0.15) is 18.2 Å². The molecule has 30 heavy (non-hydrogen) atoms. The first-order chi connectivity index (χ1) is 14.3. The van der Waals surface area contributed by atoms with Crippen LogP contribution in [-0.2, 0) is 10.9 Å². The predicted octanol–water partition coefficient (Wildman–Crippen LogP) is 4.57. The van der Waals surface area contributed by atoms with Gasteiger partial charge < -0.3 is 14.8 Å². The summed E-state index contributed by atoms with van der Waals surface area (Å²) in [4.78, 5) is 16.4. The highest BCUT2D eigenvalue weighted by Crippen LogP contribution is 2.31. The number of benzene rings is 2. The molecule has 0 atom stereocenters. The summed E-state index contributed by atoms with van der Waals surface area (Å²) in [5.41, 5.74) is 0.0779. The maximum absolute atomic E-state index is 12.8. The van der Waals surface area contributed by atoms with Crippen LogP contribution in [0.2, 0.25) is 0 Å². The smallest absolute Gasteiger partial charge is 0.416 e. The molecule has 0 saturated heterocycles. The van der Waals surface area contributed by atoms with Crippen LogP contribution in [-0.4, -0.2) is 34.8 Å². The van der Waals surface area contributed by atoms with Crippen LogP contribution in [0.4, 0.5) is 18.9 Å². The third-order valence-corrected chi connectivity index (χ3v) is 3.95. The fraction of sp³-hybridized carbons (Fsp3) is 0.200. The number of carbonyl (C=O) groups is 1. The van der Waals surface area contributed by atoms with Gasteiger partial charge in [0.1, 0.15) is 5.75 Å². The van der Waals surface area contributed by atoms with Crippen LogP contribution in [0.15, 0.2) is 48.5 Å². The minimum Gasteiger partial charge on any atom is -0.461 e. The van der Waals surface area contributed by atoms with Gasteiger partial charge in [0, 0.05) is 18.3 Å². The van der Waals surface area contributed by atoms with Gasteiger partial charge in [0.15, 0.2) is 5.82 Å². The number of carbonyl (C=O) groups excluding carboxylic acids is 1. The normalized spacial score (nSPS) is 11.1. The Morgan fingerprint density at radius 1 is 1.03 bits per heavy atom. The molecule has 1 aromatic heterocycles. The standard InChI is InChI=1S/C20H17F3N4O3/c1-3-29-19(28)16-18(30-15-10-8-14(24-2)9-11-15)25-17(27-26-16)12-4-6-13(7-5-12)20(21,22)23/h4-11,24H,3H2,1-2H3. The lowest BCUT2D eigenvalue weighted by Crippen LogP contribution is -2.12. The molecule has 0 saturated carbocycles. The van der Waals surface area contributed by atoms with Crippen molar-refractivity contribution in [2.24, 2.45) is 0 Å². The van der Waals surface area contributed by atoms with Gasteiger partial charge in [0.05, 0.1) is 12.2 Å². The molecule has 0 aliphatic heterocycles. The number of alkyl halides is 3. The highest BCUT2D eigenvalue weighted by atomic mass is 19.4. The zero-order valence-electron chi connectivity index (χ0n) is 16.0. The number of nitrogens with one attached hydrogen (secondary N) is 1. The number of rotatable bonds is 6. The molecule has 0 spiro atoms. The van der Waals surface area contributed by atoms with Crippen LogP contribution in [0.1, 0.15) is 23.0 Å². The average molecular weight is 418 g/mol. The highest BCUT2D eigenvalue weighted by Gasteiger charge is 2.30. The number of ether oxygens (including phenoxy) is 2. The predicted molar refractivity (Wildman–Crippen MR) is 102 cm³/mol. The van der Waals surface area contributed by atoms with Gasteiger partial charge in [0.25, 0.3) is 5.88 Å². The third-order valence-electron chi connectivity index (χ3n) is 3.95. The lowest BCUT2D eigenvalue weighted by atomic mass is 10.1. The van der Waals surface area contributed by atoms with Crippen molar-refractivity contribution in [3.63, 3.8) is 0 Å². The van der Waals surface area contributed by atoms with Crippen LogP contribution in [0, 0.1) is 0 Å². The van der Waals surface area contributed by atoms with Crippen LogP contribution in [0.5, 0.6) is 11.6 Å². The number of halogens is 3. The molecule has 3 rings (SSSR count). The lowest BCUT2D eigenvalue weighted by molar-refractivity contribution is -0.137. The Balaban J connectivity index is 1.97. The fourth-order valence-electron chi connectivity index (χ4n) is 2.44. The van der Waals surface area contributed by atoms with Crippen molar-refractivity contribution in [1.82, 2.24) is 15.2 Å². The van der Waals surface area contributed by atoms with Gasteiger partial charge in [-0.15, -0.1) is 10.2 Å². The minimum atomic E-state index is -4.46. The molecule has 3 aromatic rings. The van der Waals surface area contributed by atoms with E-state index in [1.165, 1.54) is 12.1 Å². The largest absolute Gasteiger partial charge is 0.461 e. The Morgan fingerprint density at radius 3 is 2.27 bits per heavy atom. The second-order valence-electron chi connectivity index (χ2n) is 5.96. The van der Waals surface area contributed by atoms with Crippen LogP contribution in [0.3, 0.4) is 0 Å². The molecule has 156 valence electrons. The summed E-state index contributed by atoms with van der Waals surface area (Å²) in [5, 5.41) is 10.6. The zero-order chi connectivity index (χ0) is 21.7. The molecule has 0 unspecified atom stereocenters. The summed E-state index contributed by atoms with van der Waals surface area (Å²) in [5.74, 6) is -0.578. The lowest BCUT2D eigenvalue weighted by Gasteiger charge is -2.11. The average Bonchev–Trinajstić information content (AvgIpc) is 2.74. The maximum Gasteiger partial charge on any atom is 0.416 e. The van der Waals surface area contributed by atoms with Crippen LogP contribution >= 0.6 is 0 Å². The number of aromatic nitrogens is 3. The summed E-state index contributed by atoms with van der Waals surface area (Å²) in [6, 6.07) is 11.1. The molecule has 0 aliphatic rings.